The number of hydrazone groups is 1. The minimum absolute atomic E-state index is 0.146. The summed E-state index contributed by atoms with van der Waals surface area (Å²) < 4.78 is 5.39. The number of nitrogens with zero attached hydrogens (tertiary/aromatic N) is 5. The van der Waals surface area contributed by atoms with Crippen LogP contribution in [0.1, 0.15) is 52.6 Å². The average molecular weight is 594 g/mol. The fraction of sp³-hybridized carbons (Fsp3) is 0.243. The zero-order valence-corrected chi connectivity index (χ0v) is 25.2. The Labute approximate surface area is 261 Å². The van der Waals surface area contributed by atoms with Crippen LogP contribution in [0.5, 0.6) is 5.75 Å². The summed E-state index contributed by atoms with van der Waals surface area (Å²) in [7, 11) is 1.64. The van der Waals surface area contributed by atoms with Gasteiger partial charge in [-0.2, -0.15) is 15.4 Å². The molecule has 4 aromatic rings. The third kappa shape index (κ3) is 3.71. The molecule has 6 atom stereocenters. The Hall–Kier alpha value is -5.26. The smallest absolute Gasteiger partial charge is 0.262 e. The first-order valence-electron chi connectivity index (χ1n) is 15.1. The molecular weight excluding hydrogens is 562 g/mol. The minimum atomic E-state index is -1.17. The zero-order chi connectivity index (χ0) is 30.9. The number of ether oxygens (including phenoxy) is 1. The van der Waals surface area contributed by atoms with E-state index in [0.717, 1.165) is 39.3 Å². The van der Waals surface area contributed by atoms with Crippen LogP contribution in [-0.2, 0) is 9.63 Å². The van der Waals surface area contributed by atoms with Gasteiger partial charge in [0.1, 0.15) is 17.2 Å². The zero-order valence-electron chi connectivity index (χ0n) is 25.2. The fourth-order valence-electron chi connectivity index (χ4n) is 8.01. The molecule has 0 bridgehead atoms. The second-order valence-corrected chi connectivity index (χ2v) is 12.1. The number of fused-ring (bicyclic) bond motifs is 7. The van der Waals surface area contributed by atoms with Crippen molar-refractivity contribution in [1.82, 2.24) is 4.90 Å². The van der Waals surface area contributed by atoms with Crippen LogP contribution >= 0.6 is 0 Å². The fourth-order valence-corrected chi connectivity index (χ4v) is 8.01. The lowest BCUT2D eigenvalue weighted by atomic mass is 9.63. The van der Waals surface area contributed by atoms with Gasteiger partial charge in [-0.3, -0.25) is 4.79 Å². The molecule has 8 heteroatoms. The van der Waals surface area contributed by atoms with Gasteiger partial charge in [-0.1, -0.05) is 77.4 Å². The van der Waals surface area contributed by atoms with E-state index in [4.69, 9.17) is 14.7 Å². The Kier molecular flexibility index (Phi) is 6.16. The molecule has 0 radical (unpaired) electrons. The van der Waals surface area contributed by atoms with E-state index in [-0.39, 0.29) is 11.8 Å². The molecule has 8 rings (SSSR count). The number of benzene rings is 4. The van der Waals surface area contributed by atoms with Crippen LogP contribution in [0.2, 0.25) is 0 Å². The summed E-state index contributed by atoms with van der Waals surface area (Å²) in [6.45, 7) is 3.97. The van der Waals surface area contributed by atoms with E-state index in [1.807, 2.05) is 92.7 Å². The summed E-state index contributed by atoms with van der Waals surface area (Å²) in [4.78, 5) is 23.6. The van der Waals surface area contributed by atoms with Gasteiger partial charge in [0, 0.05) is 11.5 Å². The molecule has 0 aromatic heterocycles. The number of methoxy groups -OCH3 is 1. The topological polar surface area (TPSA) is 90.5 Å². The van der Waals surface area contributed by atoms with Crippen LogP contribution in [0.4, 0.5) is 5.69 Å². The summed E-state index contributed by atoms with van der Waals surface area (Å²) in [6.07, 6.45) is -0.592. The van der Waals surface area contributed by atoms with Gasteiger partial charge in [-0.05, 0) is 66.9 Å². The molecule has 0 N–H and O–H groups in total. The summed E-state index contributed by atoms with van der Waals surface area (Å²) in [5.41, 5.74) is 5.95. The number of amides is 1. The number of hydrogen-bond acceptors (Lipinski definition) is 7. The predicted molar refractivity (Wildman–Crippen MR) is 171 cm³/mol. The molecule has 1 saturated heterocycles. The Morgan fingerprint density at radius 3 is 2.27 bits per heavy atom. The van der Waals surface area contributed by atoms with Gasteiger partial charge in [-0.15, -0.1) is 0 Å². The lowest BCUT2D eigenvalue weighted by Gasteiger charge is -2.44. The molecule has 0 saturated carbocycles. The highest BCUT2D eigenvalue weighted by molar-refractivity contribution is 6.20. The molecule has 0 aliphatic carbocycles. The number of nitriles is 1. The number of carbonyl (C=O) groups excluding carboxylic acids is 1. The average Bonchev–Trinajstić information content (AvgIpc) is 3.74. The number of hydrogen-bond donors (Lipinski definition) is 0. The summed E-state index contributed by atoms with van der Waals surface area (Å²) >= 11 is 0. The third-order valence-corrected chi connectivity index (χ3v) is 9.97. The maximum Gasteiger partial charge on any atom is 0.262 e. The molecule has 4 aliphatic heterocycles. The van der Waals surface area contributed by atoms with Gasteiger partial charge in [0.15, 0.2) is 6.23 Å². The van der Waals surface area contributed by atoms with Crippen molar-refractivity contribution in [2.24, 2.45) is 15.7 Å². The summed E-state index contributed by atoms with van der Waals surface area (Å²) in [5.74, 6) is -0.177. The van der Waals surface area contributed by atoms with Crippen molar-refractivity contribution >= 4 is 23.0 Å². The van der Waals surface area contributed by atoms with Gasteiger partial charge >= 0.3 is 0 Å². The van der Waals surface area contributed by atoms with Crippen molar-refractivity contribution in [3.63, 3.8) is 0 Å². The SMILES string of the molecule is COc1ccc(C2=NO[C@@H]3[C@H]2c2ccccc2[C@@H]2N3[C@@H](C#N)[C@H](c3ccc(C)cc3)[C@]23C(=O)N(c2ccccc2)N=C3C)cc1. The standard InChI is InChI=1S/C37H31N5O3/c1-22-13-15-24(16-14-22)32-30(21-38)41-34(37(32)23(2)39-42(36(37)43)26-9-5-4-6-10-26)29-12-8-7-11-28(29)31-33(40-45-35(31)41)25-17-19-27(44-3)20-18-25/h4-20,30-32,34-35H,1-3H3/t30-,31-,32-,34-,35+,37-/m0/s1. The molecule has 4 aliphatic rings. The lowest BCUT2D eigenvalue weighted by Crippen LogP contribution is -2.52. The van der Waals surface area contributed by atoms with Gasteiger partial charge in [-0.25, -0.2) is 4.90 Å². The van der Waals surface area contributed by atoms with Crippen molar-refractivity contribution in [3.8, 4) is 11.8 Å². The summed E-state index contributed by atoms with van der Waals surface area (Å²) in [5, 5.41) is 22.2. The highest BCUT2D eigenvalue weighted by Gasteiger charge is 2.73. The van der Waals surface area contributed by atoms with Gasteiger partial charge < -0.3 is 9.57 Å². The van der Waals surface area contributed by atoms with E-state index in [9.17, 15) is 5.26 Å². The molecule has 0 unspecified atom stereocenters. The van der Waals surface area contributed by atoms with Crippen molar-refractivity contribution in [2.45, 2.75) is 44.0 Å². The number of para-hydroxylation sites is 1. The largest absolute Gasteiger partial charge is 0.497 e. The predicted octanol–water partition coefficient (Wildman–Crippen LogP) is 6.30. The first kappa shape index (κ1) is 27.3. The Morgan fingerprint density at radius 1 is 0.889 bits per heavy atom. The van der Waals surface area contributed by atoms with Crippen LogP contribution in [0, 0.1) is 23.7 Å². The molecule has 8 nitrogen and oxygen atoms in total. The minimum Gasteiger partial charge on any atom is -0.497 e. The maximum atomic E-state index is 15.1. The highest BCUT2D eigenvalue weighted by Crippen LogP contribution is 2.66. The van der Waals surface area contributed by atoms with Crippen molar-refractivity contribution in [3.05, 3.63) is 131 Å². The molecule has 4 heterocycles. The van der Waals surface area contributed by atoms with E-state index in [0.29, 0.717) is 11.4 Å². The monoisotopic (exact) mass is 593 g/mol. The van der Waals surface area contributed by atoms with E-state index < -0.39 is 29.6 Å². The van der Waals surface area contributed by atoms with E-state index in [2.05, 4.69) is 40.4 Å². The molecule has 45 heavy (non-hydrogen) atoms. The normalized spacial score (nSPS) is 28.1. The van der Waals surface area contributed by atoms with Gasteiger partial charge in [0.25, 0.3) is 5.91 Å². The Balaban J connectivity index is 1.36. The number of rotatable bonds is 4. The van der Waals surface area contributed by atoms with Crippen molar-refractivity contribution in [1.29, 1.82) is 5.26 Å². The number of oxime groups is 1. The van der Waals surface area contributed by atoms with Crippen molar-refractivity contribution < 1.29 is 14.4 Å². The Morgan fingerprint density at radius 2 is 1.58 bits per heavy atom. The molecule has 4 aromatic carbocycles. The van der Waals surface area contributed by atoms with Crippen LogP contribution in [0.25, 0.3) is 0 Å². The van der Waals surface area contributed by atoms with E-state index >= 15 is 4.79 Å². The van der Waals surface area contributed by atoms with Gasteiger partial charge in [0.2, 0.25) is 0 Å². The Bertz CT molecular complexity index is 1910. The molecule has 1 fully saturated rings. The third-order valence-electron chi connectivity index (χ3n) is 9.97. The second-order valence-electron chi connectivity index (χ2n) is 12.1. The van der Waals surface area contributed by atoms with E-state index in [1.54, 1.807) is 7.11 Å². The highest BCUT2D eigenvalue weighted by atomic mass is 16.7. The van der Waals surface area contributed by atoms with Crippen LogP contribution < -0.4 is 9.75 Å². The van der Waals surface area contributed by atoms with Crippen LogP contribution in [0.3, 0.4) is 0 Å². The first-order valence-corrected chi connectivity index (χ1v) is 15.1. The van der Waals surface area contributed by atoms with Crippen LogP contribution in [0.15, 0.2) is 113 Å². The molecular formula is C37H31N5O3. The van der Waals surface area contributed by atoms with Crippen molar-refractivity contribution in [2.75, 3.05) is 12.1 Å². The number of anilines is 1. The van der Waals surface area contributed by atoms with Gasteiger partial charge in [0.05, 0.1) is 42.2 Å². The quantitative estimate of drug-likeness (QED) is 0.277. The maximum absolute atomic E-state index is 15.1. The molecule has 1 spiro atoms. The molecule has 222 valence electrons. The first-order chi connectivity index (χ1) is 22.0. The number of carbonyl (C=O) groups is 1. The molecule has 1 amide bonds. The lowest BCUT2D eigenvalue weighted by molar-refractivity contribution is -0.128. The van der Waals surface area contributed by atoms with Crippen LogP contribution in [-0.4, -0.2) is 41.6 Å². The van der Waals surface area contributed by atoms with E-state index in [1.165, 1.54) is 5.01 Å². The second kappa shape index (κ2) is 10.1. The number of aryl methyl sites for hydroxylation is 1. The summed E-state index contributed by atoms with van der Waals surface area (Å²) in [6, 6.07) is 35.1.